The predicted octanol–water partition coefficient (Wildman–Crippen LogP) is 1.34. The quantitative estimate of drug-likeness (QED) is 0.710. The van der Waals surface area contributed by atoms with E-state index in [1.165, 1.54) is 12.1 Å². The fourth-order valence-corrected chi connectivity index (χ4v) is 1.97. The van der Waals surface area contributed by atoms with Crippen molar-refractivity contribution in [3.8, 4) is 5.75 Å². The fraction of sp³-hybridized carbons (Fsp3) is 0.385. The number of anilines is 1. The molecule has 7 heteroatoms. The number of urea groups is 1. The van der Waals surface area contributed by atoms with E-state index in [1.54, 1.807) is 4.90 Å². The highest BCUT2D eigenvalue weighted by Gasteiger charge is 2.22. The van der Waals surface area contributed by atoms with Gasteiger partial charge in [0.05, 0.1) is 24.0 Å². The Hall–Kier alpha value is -2.28. The van der Waals surface area contributed by atoms with Crippen LogP contribution in [0.4, 0.5) is 10.5 Å². The molecule has 1 fully saturated rings. The summed E-state index contributed by atoms with van der Waals surface area (Å²) in [5, 5.41) is 21.1. The molecular formula is C13H16N2O5. The number of phenolic OH excluding ortho intramolecular Hbond substituents is 1. The number of nitrogens with zero attached hydrogens (tertiary/aromatic N) is 1. The molecule has 3 N–H and O–H groups in total. The van der Waals surface area contributed by atoms with Crippen LogP contribution >= 0.6 is 0 Å². The van der Waals surface area contributed by atoms with E-state index in [2.05, 4.69) is 5.32 Å². The van der Waals surface area contributed by atoms with Gasteiger partial charge in [0.25, 0.3) is 0 Å². The molecule has 7 nitrogen and oxygen atoms in total. The van der Waals surface area contributed by atoms with E-state index in [0.717, 1.165) is 6.07 Å². The lowest BCUT2D eigenvalue weighted by atomic mass is 10.2. The lowest BCUT2D eigenvalue weighted by Gasteiger charge is -2.31. The summed E-state index contributed by atoms with van der Waals surface area (Å²) < 4.78 is 5.34. The second kappa shape index (κ2) is 5.79. The molecular weight excluding hydrogens is 264 g/mol. The zero-order valence-corrected chi connectivity index (χ0v) is 11.0. The van der Waals surface area contributed by atoms with Crippen LogP contribution in [0, 0.1) is 0 Å². The third kappa shape index (κ3) is 3.18. The molecule has 2 rings (SSSR count). The van der Waals surface area contributed by atoms with Crippen LogP contribution in [0.15, 0.2) is 18.2 Å². The van der Waals surface area contributed by atoms with Gasteiger partial charge in [-0.1, -0.05) is 0 Å². The molecule has 1 unspecified atom stereocenters. The van der Waals surface area contributed by atoms with Gasteiger partial charge < -0.3 is 25.2 Å². The average molecular weight is 280 g/mol. The average Bonchev–Trinajstić information content (AvgIpc) is 2.40. The second-order valence-corrected chi connectivity index (χ2v) is 4.59. The molecule has 1 saturated heterocycles. The Morgan fingerprint density at radius 1 is 1.45 bits per heavy atom. The Morgan fingerprint density at radius 2 is 2.20 bits per heavy atom. The number of carbonyl (C=O) groups is 2. The van der Waals surface area contributed by atoms with Gasteiger partial charge in [-0.3, -0.25) is 0 Å². The molecule has 1 aliphatic rings. The van der Waals surface area contributed by atoms with Crippen molar-refractivity contribution in [2.45, 2.75) is 13.0 Å². The molecule has 0 aliphatic carbocycles. The van der Waals surface area contributed by atoms with E-state index >= 15 is 0 Å². The molecule has 1 aliphatic heterocycles. The van der Waals surface area contributed by atoms with Crippen LogP contribution in [0.3, 0.4) is 0 Å². The number of benzene rings is 1. The molecule has 0 radical (unpaired) electrons. The monoisotopic (exact) mass is 280 g/mol. The number of hydrogen-bond acceptors (Lipinski definition) is 4. The summed E-state index contributed by atoms with van der Waals surface area (Å²) in [6.07, 6.45) is -0.0301. The number of morpholine rings is 1. The minimum atomic E-state index is -1.14. The number of amides is 2. The highest BCUT2D eigenvalue weighted by molar-refractivity contribution is 5.93. The van der Waals surface area contributed by atoms with Gasteiger partial charge >= 0.3 is 12.0 Å². The number of ether oxygens (including phenoxy) is 1. The molecule has 0 aromatic heterocycles. The van der Waals surface area contributed by atoms with E-state index in [9.17, 15) is 14.7 Å². The van der Waals surface area contributed by atoms with Crippen molar-refractivity contribution in [1.29, 1.82) is 0 Å². The Labute approximate surface area is 115 Å². The zero-order valence-electron chi connectivity index (χ0n) is 11.0. The molecule has 0 saturated carbocycles. The minimum absolute atomic E-state index is 0.0301. The van der Waals surface area contributed by atoms with Gasteiger partial charge in [0.15, 0.2) is 0 Å². The minimum Gasteiger partial charge on any atom is -0.506 e. The third-order valence-corrected chi connectivity index (χ3v) is 3.01. The summed E-state index contributed by atoms with van der Waals surface area (Å²) in [5.41, 5.74) is 0.139. The largest absolute Gasteiger partial charge is 0.506 e. The molecule has 1 aromatic carbocycles. The number of hydrogen-bond donors (Lipinski definition) is 3. The van der Waals surface area contributed by atoms with Crippen molar-refractivity contribution in [1.82, 2.24) is 4.90 Å². The highest BCUT2D eigenvalue weighted by atomic mass is 16.5. The van der Waals surface area contributed by atoms with Crippen LogP contribution in [0.5, 0.6) is 5.75 Å². The SMILES string of the molecule is CC1CN(C(=O)Nc2ccc(C(=O)O)cc2O)CCO1. The van der Waals surface area contributed by atoms with Gasteiger partial charge in [0, 0.05) is 13.1 Å². The van der Waals surface area contributed by atoms with E-state index < -0.39 is 5.97 Å². The molecule has 1 atom stereocenters. The van der Waals surface area contributed by atoms with E-state index in [-0.39, 0.29) is 29.1 Å². The normalized spacial score (nSPS) is 18.6. The molecule has 20 heavy (non-hydrogen) atoms. The summed E-state index contributed by atoms with van der Waals surface area (Å²) in [6.45, 7) is 3.29. The topological polar surface area (TPSA) is 99.1 Å². The smallest absolute Gasteiger partial charge is 0.335 e. The molecule has 1 heterocycles. The van der Waals surface area contributed by atoms with E-state index in [0.29, 0.717) is 19.7 Å². The van der Waals surface area contributed by atoms with Crippen LogP contribution in [0.1, 0.15) is 17.3 Å². The van der Waals surface area contributed by atoms with Crippen molar-refractivity contribution >= 4 is 17.7 Å². The first-order valence-electron chi connectivity index (χ1n) is 6.21. The summed E-state index contributed by atoms with van der Waals surface area (Å²) >= 11 is 0. The maximum Gasteiger partial charge on any atom is 0.335 e. The fourth-order valence-electron chi connectivity index (χ4n) is 1.97. The maximum absolute atomic E-state index is 12.0. The van der Waals surface area contributed by atoms with Crippen LogP contribution in [-0.4, -0.2) is 52.9 Å². The van der Waals surface area contributed by atoms with Crippen molar-refractivity contribution in [3.63, 3.8) is 0 Å². The molecule has 0 spiro atoms. The summed E-state index contributed by atoms with van der Waals surface area (Å²) in [6, 6.07) is 3.43. The Balaban J connectivity index is 2.06. The maximum atomic E-state index is 12.0. The molecule has 1 aromatic rings. The third-order valence-electron chi connectivity index (χ3n) is 3.01. The van der Waals surface area contributed by atoms with Crippen molar-refractivity contribution in [2.24, 2.45) is 0 Å². The van der Waals surface area contributed by atoms with Gasteiger partial charge in [-0.25, -0.2) is 9.59 Å². The second-order valence-electron chi connectivity index (χ2n) is 4.59. The first-order chi connectivity index (χ1) is 9.47. The van der Waals surface area contributed by atoms with Crippen molar-refractivity contribution in [2.75, 3.05) is 25.0 Å². The highest BCUT2D eigenvalue weighted by Crippen LogP contribution is 2.24. The summed E-state index contributed by atoms with van der Waals surface area (Å²) in [4.78, 5) is 24.3. The first-order valence-corrected chi connectivity index (χ1v) is 6.21. The number of carboxylic acid groups (broad SMARTS) is 1. The number of carboxylic acids is 1. The lowest BCUT2D eigenvalue weighted by Crippen LogP contribution is -2.46. The van der Waals surface area contributed by atoms with Crippen molar-refractivity contribution < 1.29 is 24.5 Å². The van der Waals surface area contributed by atoms with Crippen LogP contribution in [0.25, 0.3) is 0 Å². The molecule has 108 valence electrons. The van der Waals surface area contributed by atoms with E-state index in [4.69, 9.17) is 9.84 Å². The van der Waals surface area contributed by atoms with Crippen LogP contribution in [0.2, 0.25) is 0 Å². The van der Waals surface area contributed by atoms with Gasteiger partial charge in [-0.05, 0) is 25.1 Å². The summed E-state index contributed by atoms with van der Waals surface area (Å²) in [7, 11) is 0. The number of nitrogens with one attached hydrogen (secondary N) is 1. The Kier molecular flexibility index (Phi) is 4.09. The molecule has 2 amide bonds. The van der Waals surface area contributed by atoms with Gasteiger partial charge in [-0.2, -0.15) is 0 Å². The van der Waals surface area contributed by atoms with Crippen molar-refractivity contribution in [3.05, 3.63) is 23.8 Å². The predicted molar refractivity (Wildman–Crippen MR) is 71.1 cm³/mol. The zero-order chi connectivity index (χ0) is 14.7. The number of phenols is 1. The van der Waals surface area contributed by atoms with Crippen LogP contribution in [-0.2, 0) is 4.74 Å². The van der Waals surface area contributed by atoms with E-state index in [1.807, 2.05) is 6.92 Å². The molecule has 0 bridgehead atoms. The Bertz CT molecular complexity index is 531. The summed E-state index contributed by atoms with van der Waals surface area (Å²) in [5.74, 6) is -1.42. The van der Waals surface area contributed by atoms with Crippen LogP contribution < -0.4 is 5.32 Å². The van der Waals surface area contributed by atoms with Gasteiger partial charge in [0.2, 0.25) is 0 Å². The lowest BCUT2D eigenvalue weighted by molar-refractivity contribution is -0.00139. The number of carbonyl (C=O) groups excluding carboxylic acids is 1. The number of aromatic carboxylic acids is 1. The van der Waals surface area contributed by atoms with Gasteiger partial charge in [-0.15, -0.1) is 0 Å². The van der Waals surface area contributed by atoms with Gasteiger partial charge in [0.1, 0.15) is 5.75 Å². The number of aromatic hydroxyl groups is 1. The number of rotatable bonds is 2. The first kappa shape index (κ1) is 14.1. The Morgan fingerprint density at radius 3 is 2.80 bits per heavy atom. The standard InChI is InChI=1S/C13H16N2O5/c1-8-7-15(4-5-20-8)13(19)14-10-3-2-9(12(17)18)6-11(10)16/h2-3,6,8,16H,4-5,7H2,1H3,(H,14,19)(H,17,18).